The fourth-order valence-corrected chi connectivity index (χ4v) is 3.01. The van der Waals surface area contributed by atoms with Crippen LogP contribution in [0.4, 0.5) is 0 Å². The molecule has 1 saturated carbocycles. The zero-order chi connectivity index (χ0) is 10.5. The molecule has 0 spiro atoms. The third kappa shape index (κ3) is 3.30. The summed E-state index contributed by atoms with van der Waals surface area (Å²) in [6, 6.07) is 0. The van der Waals surface area contributed by atoms with Gasteiger partial charge < -0.3 is 9.69 Å². The summed E-state index contributed by atoms with van der Waals surface area (Å²) in [5.74, 6) is 1.25. The molecule has 1 aliphatic carbocycles. The second-order valence-electron chi connectivity index (χ2n) is 5.28. The molecule has 15 heavy (non-hydrogen) atoms. The lowest BCUT2D eigenvalue weighted by Crippen LogP contribution is -2.35. The molecule has 0 N–H and O–H groups in total. The second kappa shape index (κ2) is 5.64. The molecule has 0 radical (unpaired) electrons. The van der Waals surface area contributed by atoms with E-state index in [9.17, 15) is 4.79 Å². The van der Waals surface area contributed by atoms with Crippen molar-refractivity contribution in [3.05, 3.63) is 0 Å². The van der Waals surface area contributed by atoms with E-state index in [4.69, 9.17) is 0 Å². The highest BCUT2D eigenvalue weighted by Crippen LogP contribution is 2.28. The number of likely N-dealkylation sites (tertiary alicyclic amines) is 1. The van der Waals surface area contributed by atoms with Crippen molar-refractivity contribution in [1.29, 1.82) is 0 Å². The van der Waals surface area contributed by atoms with Crippen LogP contribution in [0.1, 0.15) is 44.9 Å². The maximum atomic E-state index is 10.6. The number of nitrogens with zero attached hydrogens (tertiary/aromatic N) is 1. The number of rotatable bonds is 3. The molecule has 0 aromatic heterocycles. The quantitative estimate of drug-likeness (QED) is 0.666. The summed E-state index contributed by atoms with van der Waals surface area (Å²) in [5.41, 5.74) is 0. The molecule has 0 aromatic carbocycles. The van der Waals surface area contributed by atoms with Gasteiger partial charge in [-0.1, -0.05) is 6.42 Å². The molecule has 2 nitrogen and oxygen atoms in total. The molecule has 0 atom stereocenters. The van der Waals surface area contributed by atoms with Gasteiger partial charge in [0.2, 0.25) is 0 Å². The van der Waals surface area contributed by atoms with Crippen LogP contribution in [0, 0.1) is 11.8 Å². The summed E-state index contributed by atoms with van der Waals surface area (Å²) in [7, 11) is 0. The Morgan fingerprint density at radius 3 is 2.27 bits per heavy atom. The second-order valence-corrected chi connectivity index (χ2v) is 5.28. The van der Waals surface area contributed by atoms with Crippen molar-refractivity contribution in [2.75, 3.05) is 19.6 Å². The third-order valence-corrected chi connectivity index (χ3v) is 4.05. The average molecular weight is 209 g/mol. The van der Waals surface area contributed by atoms with Gasteiger partial charge in [0, 0.05) is 12.5 Å². The van der Waals surface area contributed by atoms with Crippen molar-refractivity contribution in [2.45, 2.75) is 44.9 Å². The van der Waals surface area contributed by atoms with Crippen LogP contribution in [0.2, 0.25) is 0 Å². The van der Waals surface area contributed by atoms with E-state index in [2.05, 4.69) is 4.90 Å². The number of carbonyl (C=O) groups is 1. The number of hydrogen-bond donors (Lipinski definition) is 0. The van der Waals surface area contributed by atoms with Crippen molar-refractivity contribution in [3.63, 3.8) is 0 Å². The van der Waals surface area contributed by atoms with E-state index < -0.39 is 0 Å². The largest absolute Gasteiger partial charge is 0.303 e. The fourth-order valence-electron chi connectivity index (χ4n) is 3.01. The first-order valence-electron chi connectivity index (χ1n) is 6.56. The first-order valence-corrected chi connectivity index (χ1v) is 6.56. The molecule has 2 heteroatoms. The van der Waals surface area contributed by atoms with Crippen LogP contribution in [0.5, 0.6) is 0 Å². The Bertz CT molecular complexity index is 191. The first-order chi connectivity index (χ1) is 7.38. The van der Waals surface area contributed by atoms with Gasteiger partial charge in [-0.25, -0.2) is 0 Å². The molecule has 2 fully saturated rings. The van der Waals surface area contributed by atoms with Crippen LogP contribution in [0.3, 0.4) is 0 Å². The van der Waals surface area contributed by atoms with Gasteiger partial charge in [-0.15, -0.1) is 0 Å². The molecule has 1 aliphatic heterocycles. The molecule has 86 valence electrons. The van der Waals surface area contributed by atoms with Gasteiger partial charge >= 0.3 is 0 Å². The SMILES string of the molecule is O=CC1CCC(CN2CCCCC2)CC1. The maximum absolute atomic E-state index is 10.6. The minimum absolute atomic E-state index is 0.377. The maximum Gasteiger partial charge on any atom is 0.123 e. The number of aldehydes is 1. The van der Waals surface area contributed by atoms with Gasteiger partial charge in [0.05, 0.1) is 0 Å². The normalized spacial score (nSPS) is 33.9. The molecular weight excluding hydrogens is 186 g/mol. The lowest BCUT2D eigenvalue weighted by atomic mass is 9.82. The first kappa shape index (κ1) is 11.1. The van der Waals surface area contributed by atoms with Crippen molar-refractivity contribution in [3.8, 4) is 0 Å². The third-order valence-electron chi connectivity index (χ3n) is 4.05. The predicted molar refractivity (Wildman–Crippen MR) is 61.8 cm³/mol. The van der Waals surface area contributed by atoms with E-state index in [0.29, 0.717) is 5.92 Å². The van der Waals surface area contributed by atoms with E-state index in [1.807, 2.05) is 0 Å². The molecule has 1 saturated heterocycles. The molecule has 2 rings (SSSR count). The minimum atomic E-state index is 0.377. The number of hydrogen-bond acceptors (Lipinski definition) is 2. The monoisotopic (exact) mass is 209 g/mol. The van der Waals surface area contributed by atoms with Crippen molar-refractivity contribution in [2.24, 2.45) is 11.8 Å². The van der Waals surface area contributed by atoms with Gasteiger partial charge in [-0.05, 0) is 57.5 Å². The Labute approximate surface area is 93.0 Å². The van der Waals surface area contributed by atoms with E-state index >= 15 is 0 Å². The standard InChI is InChI=1S/C13H23NO/c15-11-13-6-4-12(5-7-13)10-14-8-2-1-3-9-14/h11-13H,1-10H2. The van der Waals surface area contributed by atoms with Crippen LogP contribution in [-0.4, -0.2) is 30.8 Å². The van der Waals surface area contributed by atoms with Gasteiger partial charge in [-0.3, -0.25) is 0 Å². The molecular formula is C13H23NO. The van der Waals surface area contributed by atoms with Crippen molar-refractivity contribution < 1.29 is 4.79 Å². The predicted octanol–water partition coefficient (Wildman–Crippen LogP) is 2.48. The van der Waals surface area contributed by atoms with Crippen LogP contribution < -0.4 is 0 Å². The van der Waals surface area contributed by atoms with Gasteiger partial charge in [-0.2, -0.15) is 0 Å². The van der Waals surface area contributed by atoms with Crippen molar-refractivity contribution in [1.82, 2.24) is 4.90 Å². The van der Waals surface area contributed by atoms with E-state index in [1.165, 1.54) is 51.7 Å². The fraction of sp³-hybridized carbons (Fsp3) is 0.923. The minimum Gasteiger partial charge on any atom is -0.303 e. The molecule has 2 aliphatic rings. The van der Waals surface area contributed by atoms with Gasteiger partial charge in [0.15, 0.2) is 0 Å². The summed E-state index contributed by atoms with van der Waals surface area (Å²) in [6.07, 6.45) is 10.2. The molecule has 0 aromatic rings. The summed E-state index contributed by atoms with van der Waals surface area (Å²) >= 11 is 0. The summed E-state index contributed by atoms with van der Waals surface area (Å²) in [5, 5.41) is 0. The Kier molecular flexibility index (Phi) is 4.18. The lowest BCUT2D eigenvalue weighted by molar-refractivity contribution is -0.112. The zero-order valence-electron chi connectivity index (χ0n) is 9.66. The molecule has 0 amide bonds. The topological polar surface area (TPSA) is 20.3 Å². The average Bonchev–Trinajstić information content (AvgIpc) is 2.31. The smallest absolute Gasteiger partial charge is 0.123 e. The molecule has 1 heterocycles. The van der Waals surface area contributed by atoms with Gasteiger partial charge in [0.1, 0.15) is 6.29 Å². The summed E-state index contributed by atoms with van der Waals surface area (Å²) < 4.78 is 0. The summed E-state index contributed by atoms with van der Waals surface area (Å²) in [6.45, 7) is 3.92. The van der Waals surface area contributed by atoms with E-state index in [1.54, 1.807) is 0 Å². The molecule has 0 unspecified atom stereocenters. The number of carbonyl (C=O) groups excluding carboxylic acids is 1. The Hall–Kier alpha value is -0.370. The van der Waals surface area contributed by atoms with Gasteiger partial charge in [0.25, 0.3) is 0 Å². The highest BCUT2D eigenvalue weighted by atomic mass is 16.1. The van der Waals surface area contributed by atoms with Crippen LogP contribution in [0.15, 0.2) is 0 Å². The Morgan fingerprint density at radius 1 is 1.00 bits per heavy atom. The van der Waals surface area contributed by atoms with Crippen LogP contribution >= 0.6 is 0 Å². The number of piperidine rings is 1. The lowest BCUT2D eigenvalue weighted by Gasteiger charge is -2.33. The van der Waals surface area contributed by atoms with E-state index in [0.717, 1.165) is 25.0 Å². The highest BCUT2D eigenvalue weighted by molar-refractivity contribution is 5.53. The highest BCUT2D eigenvalue weighted by Gasteiger charge is 2.22. The zero-order valence-corrected chi connectivity index (χ0v) is 9.66. The van der Waals surface area contributed by atoms with Crippen LogP contribution in [-0.2, 0) is 4.79 Å². The molecule has 0 bridgehead atoms. The Balaban J connectivity index is 1.69. The Morgan fingerprint density at radius 2 is 1.67 bits per heavy atom. The summed E-state index contributed by atoms with van der Waals surface area (Å²) in [4.78, 5) is 13.3. The van der Waals surface area contributed by atoms with E-state index in [-0.39, 0.29) is 0 Å². The van der Waals surface area contributed by atoms with Crippen LogP contribution in [0.25, 0.3) is 0 Å². The van der Waals surface area contributed by atoms with Crippen molar-refractivity contribution >= 4 is 6.29 Å².